The SMILES string of the molecule is Cc1c(Cc2ccccc2Cl)c(NCCN(C)C)n2c(nc3ccccc32)c1C#N. The summed E-state index contributed by atoms with van der Waals surface area (Å²) >= 11 is 6.48. The number of pyridine rings is 1. The van der Waals surface area contributed by atoms with Gasteiger partial charge in [0.05, 0.1) is 16.6 Å². The lowest BCUT2D eigenvalue weighted by molar-refractivity contribution is 0.425. The highest BCUT2D eigenvalue weighted by Gasteiger charge is 2.21. The third-order valence-electron chi connectivity index (χ3n) is 5.41. The second-order valence-electron chi connectivity index (χ2n) is 7.70. The Hall–Kier alpha value is -3.07. The van der Waals surface area contributed by atoms with Gasteiger partial charge in [0, 0.05) is 30.1 Å². The van der Waals surface area contributed by atoms with Gasteiger partial charge in [0.15, 0.2) is 5.65 Å². The van der Waals surface area contributed by atoms with Crippen LogP contribution in [0.3, 0.4) is 0 Å². The second kappa shape index (κ2) is 8.35. The Bertz CT molecular complexity index is 1270. The smallest absolute Gasteiger partial charge is 0.157 e. The quantitative estimate of drug-likeness (QED) is 0.485. The Labute approximate surface area is 181 Å². The maximum atomic E-state index is 9.97. The van der Waals surface area contributed by atoms with Crippen molar-refractivity contribution in [3.8, 4) is 6.07 Å². The van der Waals surface area contributed by atoms with Crippen LogP contribution in [0, 0.1) is 18.3 Å². The number of para-hydroxylation sites is 2. The topological polar surface area (TPSA) is 56.4 Å². The molecule has 0 saturated carbocycles. The number of rotatable bonds is 6. The third-order valence-corrected chi connectivity index (χ3v) is 5.78. The molecular weight excluding hydrogens is 394 g/mol. The van der Waals surface area contributed by atoms with Gasteiger partial charge in [0.25, 0.3) is 0 Å². The minimum atomic E-state index is 0.603. The lowest BCUT2D eigenvalue weighted by Crippen LogP contribution is -2.22. The van der Waals surface area contributed by atoms with Crippen molar-refractivity contribution in [2.75, 3.05) is 32.5 Å². The summed E-state index contributed by atoms with van der Waals surface area (Å²) in [4.78, 5) is 6.92. The highest BCUT2D eigenvalue weighted by atomic mass is 35.5. The molecule has 0 bridgehead atoms. The van der Waals surface area contributed by atoms with E-state index >= 15 is 0 Å². The molecule has 0 amide bonds. The van der Waals surface area contributed by atoms with Crippen molar-refractivity contribution in [3.05, 3.63) is 75.8 Å². The van der Waals surface area contributed by atoms with Crippen LogP contribution in [0.5, 0.6) is 0 Å². The normalized spacial score (nSPS) is 11.3. The number of fused-ring (bicyclic) bond motifs is 3. The lowest BCUT2D eigenvalue weighted by Gasteiger charge is -2.20. The molecule has 0 aliphatic rings. The van der Waals surface area contributed by atoms with Gasteiger partial charge in [0.1, 0.15) is 11.9 Å². The van der Waals surface area contributed by atoms with Gasteiger partial charge in [0.2, 0.25) is 0 Å². The largest absolute Gasteiger partial charge is 0.370 e. The number of hydrogen-bond acceptors (Lipinski definition) is 4. The van der Waals surface area contributed by atoms with Crippen LogP contribution in [-0.4, -0.2) is 41.5 Å². The molecule has 0 unspecified atom stereocenters. The summed E-state index contributed by atoms with van der Waals surface area (Å²) in [5.74, 6) is 0.969. The summed E-state index contributed by atoms with van der Waals surface area (Å²) in [6.07, 6.45) is 0.632. The van der Waals surface area contributed by atoms with Crippen LogP contribution in [0.25, 0.3) is 16.7 Å². The molecule has 0 atom stereocenters. The fourth-order valence-electron chi connectivity index (χ4n) is 3.82. The van der Waals surface area contributed by atoms with E-state index in [0.717, 1.165) is 51.7 Å². The Morgan fingerprint density at radius 1 is 1.13 bits per heavy atom. The summed E-state index contributed by atoms with van der Waals surface area (Å²) in [5.41, 5.74) is 6.18. The zero-order valence-corrected chi connectivity index (χ0v) is 18.2. The van der Waals surface area contributed by atoms with Crippen molar-refractivity contribution in [1.29, 1.82) is 5.26 Å². The maximum Gasteiger partial charge on any atom is 0.157 e. The zero-order chi connectivity index (χ0) is 21.3. The fourth-order valence-corrected chi connectivity index (χ4v) is 4.02. The van der Waals surface area contributed by atoms with E-state index in [9.17, 15) is 5.26 Å². The number of nitriles is 1. The number of nitrogens with zero attached hydrogens (tertiary/aromatic N) is 4. The average Bonchev–Trinajstić information content (AvgIpc) is 3.10. The number of aromatic nitrogens is 2. The number of halogens is 1. The molecule has 5 nitrogen and oxygen atoms in total. The van der Waals surface area contributed by atoms with Gasteiger partial charge < -0.3 is 10.2 Å². The van der Waals surface area contributed by atoms with Crippen LogP contribution < -0.4 is 5.32 Å². The Morgan fingerprint density at radius 2 is 1.87 bits per heavy atom. The average molecular weight is 418 g/mol. The molecule has 0 radical (unpaired) electrons. The van der Waals surface area contributed by atoms with Crippen LogP contribution in [0.2, 0.25) is 5.02 Å². The van der Waals surface area contributed by atoms with Gasteiger partial charge >= 0.3 is 0 Å². The van der Waals surface area contributed by atoms with Gasteiger partial charge in [-0.05, 0) is 50.3 Å². The number of likely N-dealkylation sites (N-methyl/N-ethyl adjacent to an activating group) is 1. The summed E-state index contributed by atoms with van der Waals surface area (Å²) in [5, 5.41) is 14.3. The summed E-state index contributed by atoms with van der Waals surface area (Å²) in [6.45, 7) is 3.66. The van der Waals surface area contributed by atoms with Gasteiger partial charge in [-0.3, -0.25) is 4.40 Å². The van der Waals surface area contributed by atoms with Crippen molar-refractivity contribution in [2.24, 2.45) is 0 Å². The Balaban J connectivity index is 2.00. The third kappa shape index (κ3) is 3.60. The van der Waals surface area contributed by atoms with E-state index in [1.54, 1.807) is 0 Å². The minimum Gasteiger partial charge on any atom is -0.370 e. The first-order chi connectivity index (χ1) is 14.5. The maximum absolute atomic E-state index is 9.97. The first kappa shape index (κ1) is 20.2. The molecule has 2 aromatic carbocycles. The molecule has 152 valence electrons. The van der Waals surface area contributed by atoms with E-state index in [4.69, 9.17) is 16.6 Å². The van der Waals surface area contributed by atoms with Crippen LogP contribution >= 0.6 is 11.6 Å². The number of benzene rings is 2. The Kier molecular flexibility index (Phi) is 5.63. The Morgan fingerprint density at radius 3 is 2.60 bits per heavy atom. The van der Waals surface area contributed by atoms with E-state index in [0.29, 0.717) is 17.6 Å². The molecule has 0 aliphatic heterocycles. The number of hydrogen-bond donors (Lipinski definition) is 1. The van der Waals surface area contributed by atoms with Gasteiger partial charge in [-0.2, -0.15) is 5.26 Å². The molecule has 4 rings (SSSR count). The molecule has 6 heteroatoms. The minimum absolute atomic E-state index is 0.603. The summed E-state index contributed by atoms with van der Waals surface area (Å²) in [6, 6.07) is 18.2. The first-order valence-electron chi connectivity index (χ1n) is 9.96. The zero-order valence-electron chi connectivity index (χ0n) is 17.4. The number of nitrogens with one attached hydrogen (secondary N) is 1. The van der Waals surface area contributed by atoms with Crippen molar-refractivity contribution in [3.63, 3.8) is 0 Å². The first-order valence-corrected chi connectivity index (χ1v) is 10.3. The van der Waals surface area contributed by atoms with Gasteiger partial charge in [-0.25, -0.2) is 4.98 Å². The molecule has 0 saturated heterocycles. The molecule has 4 aromatic rings. The lowest BCUT2D eigenvalue weighted by atomic mass is 9.97. The van der Waals surface area contributed by atoms with Crippen LogP contribution in [-0.2, 0) is 6.42 Å². The van der Waals surface area contributed by atoms with Crippen LogP contribution in [0.4, 0.5) is 5.82 Å². The molecule has 2 heterocycles. The highest BCUT2D eigenvalue weighted by molar-refractivity contribution is 6.31. The highest BCUT2D eigenvalue weighted by Crippen LogP contribution is 2.33. The van der Waals surface area contributed by atoms with Crippen LogP contribution in [0.1, 0.15) is 22.3 Å². The predicted molar refractivity (Wildman–Crippen MR) is 123 cm³/mol. The van der Waals surface area contributed by atoms with E-state index < -0.39 is 0 Å². The van der Waals surface area contributed by atoms with E-state index in [1.807, 2.05) is 55.5 Å². The van der Waals surface area contributed by atoms with E-state index in [1.165, 1.54) is 0 Å². The van der Waals surface area contributed by atoms with Crippen molar-refractivity contribution in [1.82, 2.24) is 14.3 Å². The number of anilines is 1. The van der Waals surface area contributed by atoms with Crippen molar-refractivity contribution in [2.45, 2.75) is 13.3 Å². The molecule has 30 heavy (non-hydrogen) atoms. The van der Waals surface area contributed by atoms with E-state index in [-0.39, 0.29) is 0 Å². The molecular formula is C24H24ClN5. The standard InChI is InChI=1S/C24H24ClN5/c1-16-18(14-17-8-4-5-9-20(17)25)23(27-12-13-29(2)3)30-22-11-7-6-10-21(22)28-24(30)19(16)15-26/h4-11,27H,12-14H2,1-3H3. The predicted octanol–water partition coefficient (Wildman–Crippen LogP) is 4.89. The van der Waals surface area contributed by atoms with E-state index in [2.05, 4.69) is 34.8 Å². The molecule has 1 N–H and O–H groups in total. The van der Waals surface area contributed by atoms with Gasteiger partial charge in [-0.1, -0.05) is 41.9 Å². The fraction of sp³-hybridized carbons (Fsp3) is 0.250. The summed E-state index contributed by atoms with van der Waals surface area (Å²) < 4.78 is 2.09. The number of imidazole rings is 1. The summed E-state index contributed by atoms with van der Waals surface area (Å²) in [7, 11) is 4.11. The van der Waals surface area contributed by atoms with Crippen molar-refractivity contribution < 1.29 is 0 Å². The monoisotopic (exact) mass is 417 g/mol. The molecule has 0 spiro atoms. The second-order valence-corrected chi connectivity index (χ2v) is 8.10. The molecule has 0 aliphatic carbocycles. The molecule has 2 aromatic heterocycles. The van der Waals surface area contributed by atoms with Crippen molar-refractivity contribution >= 4 is 34.1 Å². The molecule has 0 fully saturated rings. The van der Waals surface area contributed by atoms with Gasteiger partial charge in [-0.15, -0.1) is 0 Å². The van der Waals surface area contributed by atoms with Crippen LogP contribution in [0.15, 0.2) is 48.5 Å².